The van der Waals surface area contributed by atoms with Gasteiger partial charge in [0.1, 0.15) is 5.69 Å². The zero-order valence-corrected chi connectivity index (χ0v) is 11.8. The van der Waals surface area contributed by atoms with Crippen molar-refractivity contribution in [3.63, 3.8) is 0 Å². The predicted octanol–water partition coefficient (Wildman–Crippen LogP) is 2.27. The van der Waals surface area contributed by atoms with Crippen LogP contribution in [0.15, 0.2) is 18.3 Å². The average molecular weight is 278 g/mol. The van der Waals surface area contributed by atoms with Gasteiger partial charge in [-0.15, -0.1) is 0 Å². The maximum absolute atomic E-state index is 12.2. The number of carboxylic acid groups (broad SMARTS) is 1. The third-order valence-corrected chi connectivity index (χ3v) is 3.94. The second-order valence-electron chi connectivity index (χ2n) is 5.45. The molecule has 1 aromatic rings. The molecular weight excluding hydrogens is 256 g/mol. The number of carbonyl (C=O) groups excluding carboxylic acids is 1. The Labute approximate surface area is 119 Å². The van der Waals surface area contributed by atoms with E-state index in [9.17, 15) is 9.59 Å². The van der Waals surface area contributed by atoms with Crippen molar-refractivity contribution >= 4 is 11.9 Å². The molecule has 2 N–H and O–H groups in total. The van der Waals surface area contributed by atoms with Crippen molar-refractivity contribution in [3.8, 4) is 0 Å². The fraction of sp³-hybridized carbons (Fsp3) is 0.600. The van der Waals surface area contributed by atoms with Gasteiger partial charge in [-0.1, -0.05) is 6.92 Å². The molecule has 0 aliphatic heterocycles. The number of carbonyl (C=O) groups is 2. The lowest BCUT2D eigenvalue weighted by atomic mass is 9.86. The number of nitrogens with zero attached hydrogens (tertiary/aromatic N) is 1. The van der Waals surface area contributed by atoms with Crippen LogP contribution in [0.2, 0.25) is 0 Å². The molecule has 0 bridgehead atoms. The van der Waals surface area contributed by atoms with Crippen LogP contribution in [-0.4, -0.2) is 27.6 Å². The van der Waals surface area contributed by atoms with E-state index in [2.05, 4.69) is 12.2 Å². The van der Waals surface area contributed by atoms with Crippen molar-refractivity contribution in [2.24, 2.45) is 5.92 Å². The molecule has 5 heteroatoms. The summed E-state index contributed by atoms with van der Waals surface area (Å²) in [4.78, 5) is 23.1. The first-order valence-corrected chi connectivity index (χ1v) is 7.30. The van der Waals surface area contributed by atoms with Crippen LogP contribution < -0.4 is 5.32 Å². The molecule has 1 saturated carbocycles. The Morgan fingerprint density at radius 3 is 2.65 bits per heavy atom. The predicted molar refractivity (Wildman–Crippen MR) is 75.6 cm³/mol. The summed E-state index contributed by atoms with van der Waals surface area (Å²) in [5.41, 5.74) is 0.687. The summed E-state index contributed by atoms with van der Waals surface area (Å²) in [5.74, 6) is -1.01. The Kier molecular flexibility index (Phi) is 4.82. The van der Waals surface area contributed by atoms with Crippen molar-refractivity contribution in [2.45, 2.75) is 51.6 Å². The van der Waals surface area contributed by atoms with Crippen molar-refractivity contribution in [2.75, 3.05) is 0 Å². The van der Waals surface area contributed by atoms with Crippen LogP contribution in [0.4, 0.5) is 0 Å². The molecule has 0 aromatic carbocycles. The molecule has 0 saturated heterocycles. The van der Waals surface area contributed by atoms with Crippen LogP contribution in [0.25, 0.3) is 0 Å². The Morgan fingerprint density at radius 1 is 1.35 bits per heavy atom. The summed E-state index contributed by atoms with van der Waals surface area (Å²) in [6, 6.07) is 3.81. The largest absolute Gasteiger partial charge is 0.481 e. The van der Waals surface area contributed by atoms with Crippen LogP contribution in [-0.2, 0) is 11.3 Å². The molecular formula is C15H22N2O3. The van der Waals surface area contributed by atoms with Gasteiger partial charge in [0, 0.05) is 18.8 Å². The van der Waals surface area contributed by atoms with Crippen molar-refractivity contribution in [1.29, 1.82) is 0 Å². The van der Waals surface area contributed by atoms with Gasteiger partial charge in [-0.25, -0.2) is 0 Å². The van der Waals surface area contributed by atoms with E-state index in [0.29, 0.717) is 18.5 Å². The molecule has 20 heavy (non-hydrogen) atoms. The van der Waals surface area contributed by atoms with Crippen LogP contribution in [0.3, 0.4) is 0 Å². The van der Waals surface area contributed by atoms with Crippen LogP contribution in [0.1, 0.15) is 49.5 Å². The Balaban J connectivity index is 1.89. The summed E-state index contributed by atoms with van der Waals surface area (Å²) in [6.45, 7) is 2.91. The van der Waals surface area contributed by atoms with Crippen LogP contribution >= 0.6 is 0 Å². The normalized spacial score (nSPS) is 22.4. The fourth-order valence-electron chi connectivity index (χ4n) is 2.80. The summed E-state index contributed by atoms with van der Waals surface area (Å²) < 4.78 is 1.96. The van der Waals surface area contributed by atoms with Crippen molar-refractivity contribution in [1.82, 2.24) is 9.88 Å². The number of aliphatic carboxylic acids is 1. The van der Waals surface area contributed by atoms with Gasteiger partial charge in [0.2, 0.25) is 0 Å². The third-order valence-electron chi connectivity index (χ3n) is 3.94. The van der Waals surface area contributed by atoms with Gasteiger partial charge in [-0.3, -0.25) is 9.59 Å². The summed E-state index contributed by atoms with van der Waals surface area (Å²) >= 11 is 0. The molecule has 5 nitrogen and oxygen atoms in total. The summed E-state index contributed by atoms with van der Waals surface area (Å²) in [7, 11) is 0. The Hall–Kier alpha value is -1.78. The van der Waals surface area contributed by atoms with Crippen molar-refractivity contribution < 1.29 is 14.7 Å². The second kappa shape index (κ2) is 6.59. The first-order valence-electron chi connectivity index (χ1n) is 7.30. The highest BCUT2D eigenvalue weighted by Crippen LogP contribution is 2.24. The minimum absolute atomic E-state index is 0.0535. The lowest BCUT2D eigenvalue weighted by Crippen LogP contribution is -2.39. The molecule has 0 radical (unpaired) electrons. The standard InChI is InChI=1S/C15H22N2O3/c1-2-9-17-10-3-4-13(17)14(18)16-12-7-5-11(6-8-12)15(19)20/h3-4,10-12H,2,5-9H2,1H3,(H,16,18)(H,19,20). The number of rotatable bonds is 5. The third kappa shape index (κ3) is 3.40. The molecule has 1 heterocycles. The minimum atomic E-state index is -0.716. The molecule has 0 unspecified atom stereocenters. The van der Waals surface area contributed by atoms with E-state index < -0.39 is 5.97 Å². The number of aryl methyl sites for hydroxylation is 1. The molecule has 0 spiro atoms. The highest BCUT2D eigenvalue weighted by Gasteiger charge is 2.27. The van der Waals surface area contributed by atoms with E-state index in [1.807, 2.05) is 22.9 Å². The smallest absolute Gasteiger partial charge is 0.306 e. The second-order valence-corrected chi connectivity index (χ2v) is 5.45. The van der Waals surface area contributed by atoms with E-state index in [1.54, 1.807) is 0 Å². The fourth-order valence-corrected chi connectivity index (χ4v) is 2.80. The number of aromatic nitrogens is 1. The maximum Gasteiger partial charge on any atom is 0.306 e. The maximum atomic E-state index is 12.2. The first-order chi connectivity index (χ1) is 9.61. The highest BCUT2D eigenvalue weighted by molar-refractivity contribution is 5.93. The molecule has 2 rings (SSSR count). The Morgan fingerprint density at radius 2 is 2.05 bits per heavy atom. The molecule has 1 aromatic heterocycles. The topological polar surface area (TPSA) is 71.3 Å². The van der Waals surface area contributed by atoms with E-state index >= 15 is 0 Å². The van der Waals surface area contributed by atoms with E-state index in [-0.39, 0.29) is 17.9 Å². The lowest BCUT2D eigenvalue weighted by molar-refractivity contribution is -0.142. The molecule has 110 valence electrons. The molecule has 1 fully saturated rings. The van der Waals surface area contributed by atoms with Gasteiger partial charge in [0.05, 0.1) is 5.92 Å². The van der Waals surface area contributed by atoms with Crippen molar-refractivity contribution in [3.05, 3.63) is 24.0 Å². The monoisotopic (exact) mass is 278 g/mol. The van der Waals surface area contributed by atoms with Gasteiger partial charge in [0.25, 0.3) is 5.91 Å². The SMILES string of the molecule is CCCn1cccc1C(=O)NC1CCC(C(=O)O)CC1. The van der Waals surface area contributed by atoms with Gasteiger partial charge in [-0.2, -0.15) is 0 Å². The van der Waals surface area contributed by atoms with E-state index in [4.69, 9.17) is 5.11 Å². The summed E-state index contributed by atoms with van der Waals surface area (Å²) in [5, 5.41) is 12.0. The number of carboxylic acids is 1. The zero-order valence-electron chi connectivity index (χ0n) is 11.8. The van der Waals surface area contributed by atoms with Crippen LogP contribution in [0, 0.1) is 5.92 Å². The molecule has 1 amide bonds. The molecule has 1 aliphatic carbocycles. The average Bonchev–Trinajstić information content (AvgIpc) is 2.88. The number of nitrogens with one attached hydrogen (secondary N) is 1. The minimum Gasteiger partial charge on any atom is -0.481 e. The number of hydrogen-bond acceptors (Lipinski definition) is 2. The lowest BCUT2D eigenvalue weighted by Gasteiger charge is -2.26. The van der Waals surface area contributed by atoms with E-state index in [1.165, 1.54) is 0 Å². The van der Waals surface area contributed by atoms with E-state index in [0.717, 1.165) is 25.8 Å². The van der Waals surface area contributed by atoms with Gasteiger partial charge >= 0.3 is 5.97 Å². The van der Waals surface area contributed by atoms with Gasteiger partial charge in [-0.05, 0) is 44.2 Å². The number of amides is 1. The first kappa shape index (κ1) is 14.6. The zero-order chi connectivity index (χ0) is 14.5. The molecule has 1 aliphatic rings. The quantitative estimate of drug-likeness (QED) is 0.868. The highest BCUT2D eigenvalue weighted by atomic mass is 16.4. The summed E-state index contributed by atoms with van der Waals surface area (Å²) in [6.07, 6.45) is 5.69. The van der Waals surface area contributed by atoms with Gasteiger partial charge in [0.15, 0.2) is 0 Å². The number of hydrogen-bond donors (Lipinski definition) is 2. The Bertz CT molecular complexity index is 473. The van der Waals surface area contributed by atoms with Crippen LogP contribution in [0.5, 0.6) is 0 Å². The van der Waals surface area contributed by atoms with Gasteiger partial charge < -0.3 is 15.0 Å². The molecule has 0 atom stereocenters.